The van der Waals surface area contributed by atoms with Crippen molar-refractivity contribution < 1.29 is 9.53 Å². The van der Waals surface area contributed by atoms with Gasteiger partial charge in [-0.2, -0.15) is 0 Å². The highest BCUT2D eigenvalue weighted by Gasteiger charge is 2.06. The van der Waals surface area contributed by atoms with E-state index in [9.17, 15) is 4.79 Å². The first-order chi connectivity index (χ1) is 5.72. The first-order valence-electron chi connectivity index (χ1n) is 4.24. The van der Waals surface area contributed by atoms with Crippen LogP contribution in [0, 0.1) is 0 Å². The predicted molar refractivity (Wildman–Crippen MR) is 49.6 cm³/mol. The zero-order valence-electron chi connectivity index (χ0n) is 7.68. The van der Waals surface area contributed by atoms with Gasteiger partial charge in [0.2, 0.25) is 0 Å². The topological polar surface area (TPSA) is 29.5 Å². The van der Waals surface area contributed by atoms with E-state index in [4.69, 9.17) is 16.3 Å². The Morgan fingerprint density at radius 2 is 2.08 bits per heavy atom. The summed E-state index contributed by atoms with van der Waals surface area (Å²) >= 11 is 5.29. The van der Waals surface area contributed by atoms with Crippen molar-refractivity contribution in [3.8, 4) is 0 Å². The van der Waals surface area contributed by atoms with Crippen LogP contribution in [0.4, 0.5) is 4.79 Å². The first-order valence-corrected chi connectivity index (χ1v) is 4.62. The van der Waals surface area contributed by atoms with Gasteiger partial charge in [0, 0.05) is 19.7 Å². The van der Waals surface area contributed by atoms with Gasteiger partial charge >= 0.3 is 5.37 Å². The number of carbonyl (C=O) groups is 1. The fraction of sp³-hybridized carbons (Fsp3) is 0.875. The fourth-order valence-corrected chi connectivity index (χ4v) is 0.996. The Morgan fingerprint density at radius 1 is 1.42 bits per heavy atom. The molecule has 3 nitrogen and oxygen atoms in total. The maximum Gasteiger partial charge on any atom is 0.316 e. The van der Waals surface area contributed by atoms with Crippen LogP contribution in [0.1, 0.15) is 20.3 Å². The molecule has 0 saturated heterocycles. The molecule has 72 valence electrons. The Kier molecular flexibility index (Phi) is 7.20. The Balaban J connectivity index is 3.38. The lowest BCUT2D eigenvalue weighted by molar-refractivity contribution is 0.116. The van der Waals surface area contributed by atoms with Crippen molar-refractivity contribution in [1.29, 1.82) is 0 Å². The van der Waals surface area contributed by atoms with Crippen LogP contribution in [-0.4, -0.2) is 36.6 Å². The van der Waals surface area contributed by atoms with Crippen molar-refractivity contribution in [3.05, 3.63) is 0 Å². The molecule has 0 radical (unpaired) electrons. The van der Waals surface area contributed by atoms with E-state index in [-0.39, 0.29) is 0 Å². The molecular formula is C8H16ClNO2. The van der Waals surface area contributed by atoms with Gasteiger partial charge in [0.25, 0.3) is 0 Å². The molecule has 0 unspecified atom stereocenters. The van der Waals surface area contributed by atoms with Gasteiger partial charge in [-0.25, -0.2) is 0 Å². The lowest BCUT2D eigenvalue weighted by Gasteiger charge is -2.16. The smallest absolute Gasteiger partial charge is 0.316 e. The number of halogens is 1. The number of amides is 1. The highest BCUT2D eigenvalue weighted by molar-refractivity contribution is 6.62. The van der Waals surface area contributed by atoms with Crippen LogP contribution in [0.5, 0.6) is 0 Å². The van der Waals surface area contributed by atoms with Gasteiger partial charge < -0.3 is 9.64 Å². The normalized spacial score (nSPS) is 9.92. The van der Waals surface area contributed by atoms with E-state index in [0.29, 0.717) is 19.7 Å². The molecule has 0 spiro atoms. The summed E-state index contributed by atoms with van der Waals surface area (Å²) in [5.41, 5.74) is 0. The Hall–Kier alpha value is -0.280. The van der Waals surface area contributed by atoms with Crippen molar-refractivity contribution in [1.82, 2.24) is 4.90 Å². The Labute approximate surface area is 78.6 Å². The quantitative estimate of drug-likeness (QED) is 0.367. The van der Waals surface area contributed by atoms with E-state index in [1.165, 1.54) is 4.90 Å². The van der Waals surface area contributed by atoms with Crippen LogP contribution in [0.25, 0.3) is 0 Å². The van der Waals surface area contributed by atoms with Crippen LogP contribution < -0.4 is 0 Å². The van der Waals surface area contributed by atoms with Crippen LogP contribution in [0.3, 0.4) is 0 Å². The summed E-state index contributed by atoms with van der Waals surface area (Å²) in [5.74, 6) is 0. The molecule has 0 fully saturated rings. The third-order valence-corrected chi connectivity index (χ3v) is 1.72. The van der Waals surface area contributed by atoms with E-state index in [1.807, 2.05) is 13.8 Å². The van der Waals surface area contributed by atoms with Crippen LogP contribution in [-0.2, 0) is 4.74 Å². The standard InChI is InChI=1S/C8H16ClNO2/c1-3-6-12-7-5-10(4-2)8(9)11/h3-7H2,1-2H3. The molecular weight excluding hydrogens is 178 g/mol. The average molecular weight is 194 g/mol. The Bertz CT molecular complexity index is 130. The van der Waals surface area contributed by atoms with Crippen LogP contribution in [0.15, 0.2) is 0 Å². The second-order valence-corrected chi connectivity index (χ2v) is 2.77. The third-order valence-electron chi connectivity index (χ3n) is 1.48. The Morgan fingerprint density at radius 3 is 2.50 bits per heavy atom. The molecule has 0 aromatic heterocycles. The van der Waals surface area contributed by atoms with Gasteiger partial charge in [0.1, 0.15) is 0 Å². The predicted octanol–water partition coefficient (Wildman–Crippen LogP) is 2.09. The van der Waals surface area contributed by atoms with Crippen molar-refractivity contribution in [2.75, 3.05) is 26.3 Å². The number of rotatable bonds is 6. The van der Waals surface area contributed by atoms with E-state index < -0.39 is 5.37 Å². The van der Waals surface area contributed by atoms with Gasteiger partial charge in [-0.15, -0.1) is 0 Å². The number of likely N-dealkylation sites (N-methyl/N-ethyl adjacent to an activating group) is 1. The summed E-state index contributed by atoms with van der Waals surface area (Å²) in [5, 5.41) is -0.405. The lowest BCUT2D eigenvalue weighted by Crippen LogP contribution is -2.29. The number of ether oxygens (including phenoxy) is 1. The monoisotopic (exact) mass is 193 g/mol. The summed E-state index contributed by atoms with van der Waals surface area (Å²) in [6.45, 7) is 6.47. The minimum atomic E-state index is -0.405. The lowest BCUT2D eigenvalue weighted by atomic mass is 10.5. The molecule has 0 aliphatic carbocycles. The summed E-state index contributed by atoms with van der Waals surface area (Å²) < 4.78 is 5.21. The molecule has 0 aromatic rings. The highest BCUT2D eigenvalue weighted by Crippen LogP contribution is 1.95. The zero-order chi connectivity index (χ0) is 9.40. The van der Waals surface area contributed by atoms with E-state index in [0.717, 1.165) is 13.0 Å². The molecule has 0 atom stereocenters. The highest BCUT2D eigenvalue weighted by atomic mass is 35.5. The molecule has 0 aliphatic heterocycles. The molecule has 0 aliphatic rings. The number of hydrogen-bond donors (Lipinski definition) is 0. The van der Waals surface area contributed by atoms with Gasteiger partial charge in [-0.05, 0) is 24.9 Å². The summed E-state index contributed by atoms with van der Waals surface area (Å²) in [7, 11) is 0. The molecule has 0 rings (SSSR count). The van der Waals surface area contributed by atoms with Gasteiger partial charge in [0.15, 0.2) is 0 Å². The molecule has 0 bridgehead atoms. The van der Waals surface area contributed by atoms with E-state index in [1.54, 1.807) is 0 Å². The first kappa shape index (κ1) is 11.7. The molecule has 12 heavy (non-hydrogen) atoms. The molecule has 0 heterocycles. The SMILES string of the molecule is CCCOCCN(CC)C(=O)Cl. The number of carbonyl (C=O) groups excluding carboxylic acids is 1. The average Bonchev–Trinajstić information content (AvgIpc) is 2.04. The van der Waals surface area contributed by atoms with Crippen molar-refractivity contribution in [3.63, 3.8) is 0 Å². The van der Waals surface area contributed by atoms with Crippen molar-refractivity contribution in [2.45, 2.75) is 20.3 Å². The molecule has 4 heteroatoms. The maximum atomic E-state index is 10.7. The van der Waals surface area contributed by atoms with E-state index in [2.05, 4.69) is 0 Å². The minimum Gasteiger partial charge on any atom is -0.380 e. The third kappa shape index (κ3) is 5.38. The summed E-state index contributed by atoms with van der Waals surface area (Å²) in [6.07, 6.45) is 1.00. The second kappa shape index (κ2) is 7.37. The van der Waals surface area contributed by atoms with Gasteiger partial charge in [-0.3, -0.25) is 4.79 Å². The molecule has 1 amide bonds. The second-order valence-electron chi connectivity index (χ2n) is 2.44. The van der Waals surface area contributed by atoms with E-state index >= 15 is 0 Å². The van der Waals surface area contributed by atoms with Crippen molar-refractivity contribution in [2.24, 2.45) is 0 Å². The molecule has 0 N–H and O–H groups in total. The fourth-order valence-electron chi connectivity index (χ4n) is 0.791. The van der Waals surface area contributed by atoms with Crippen LogP contribution >= 0.6 is 11.6 Å². The number of nitrogens with zero attached hydrogens (tertiary/aromatic N) is 1. The zero-order valence-corrected chi connectivity index (χ0v) is 8.43. The summed E-state index contributed by atoms with van der Waals surface area (Å²) in [6, 6.07) is 0. The number of hydrogen-bond acceptors (Lipinski definition) is 2. The summed E-state index contributed by atoms with van der Waals surface area (Å²) in [4.78, 5) is 12.2. The van der Waals surface area contributed by atoms with Gasteiger partial charge in [0.05, 0.1) is 6.61 Å². The van der Waals surface area contributed by atoms with Crippen molar-refractivity contribution >= 4 is 17.0 Å². The van der Waals surface area contributed by atoms with Gasteiger partial charge in [-0.1, -0.05) is 6.92 Å². The minimum absolute atomic E-state index is 0.405. The van der Waals surface area contributed by atoms with Crippen LogP contribution in [0.2, 0.25) is 0 Å². The molecule has 0 aromatic carbocycles. The largest absolute Gasteiger partial charge is 0.380 e. The maximum absolute atomic E-state index is 10.7. The molecule has 0 saturated carbocycles.